The number of esters is 1. The van der Waals surface area contributed by atoms with Crippen LogP contribution in [0.4, 0.5) is 10.7 Å². The molecule has 0 saturated carbocycles. The Morgan fingerprint density at radius 2 is 1.67 bits per heavy atom. The first-order valence-corrected chi connectivity index (χ1v) is 10.2. The van der Waals surface area contributed by atoms with E-state index in [0.717, 1.165) is 11.3 Å². The highest BCUT2D eigenvalue weighted by atomic mass is 32.1. The number of anilines is 2. The van der Waals surface area contributed by atoms with E-state index in [0.29, 0.717) is 21.9 Å². The molecule has 0 aliphatic rings. The Hall–Kier alpha value is -3.39. The average Bonchev–Trinajstić information content (AvgIpc) is 3.25. The molecule has 0 bridgehead atoms. The molecule has 30 heavy (non-hydrogen) atoms. The van der Waals surface area contributed by atoms with E-state index in [4.69, 9.17) is 9.15 Å². The summed E-state index contributed by atoms with van der Waals surface area (Å²) in [6, 6.07) is 12.2. The van der Waals surface area contributed by atoms with Gasteiger partial charge in [0.15, 0.2) is 5.76 Å². The highest BCUT2D eigenvalue weighted by Crippen LogP contribution is 2.35. The smallest absolute Gasteiger partial charge is 0.341 e. The zero-order valence-corrected chi connectivity index (χ0v) is 17.9. The minimum Gasteiger partial charge on any atom is -0.459 e. The van der Waals surface area contributed by atoms with Gasteiger partial charge in [0.2, 0.25) is 0 Å². The summed E-state index contributed by atoms with van der Waals surface area (Å²) < 4.78 is 10.7. The number of aryl methyl sites for hydroxylation is 1. The van der Waals surface area contributed by atoms with Gasteiger partial charge < -0.3 is 19.8 Å². The Morgan fingerprint density at radius 3 is 2.27 bits per heavy atom. The molecule has 0 saturated heterocycles. The molecule has 1 aromatic carbocycles. The van der Waals surface area contributed by atoms with Gasteiger partial charge >= 0.3 is 5.97 Å². The van der Waals surface area contributed by atoms with Crippen LogP contribution in [-0.4, -0.2) is 23.9 Å². The number of carbonyl (C=O) groups excluding carboxylic acids is 3. The number of amides is 2. The number of ether oxygens (including phenoxy) is 1. The molecule has 2 aromatic heterocycles. The van der Waals surface area contributed by atoms with Crippen LogP contribution in [0, 0.1) is 13.8 Å². The van der Waals surface area contributed by atoms with Gasteiger partial charge in [-0.05, 0) is 57.5 Å². The molecule has 2 amide bonds. The second kappa shape index (κ2) is 8.96. The molecule has 3 aromatic rings. The second-order valence-electron chi connectivity index (χ2n) is 6.90. The first kappa shape index (κ1) is 21.3. The molecular weight excluding hydrogens is 404 g/mol. The fourth-order valence-corrected chi connectivity index (χ4v) is 3.85. The Labute approximate surface area is 178 Å². The lowest BCUT2D eigenvalue weighted by Crippen LogP contribution is -2.17. The van der Waals surface area contributed by atoms with E-state index in [1.807, 2.05) is 6.07 Å². The fraction of sp³-hybridized carbons (Fsp3) is 0.227. The molecule has 2 N–H and O–H groups in total. The molecule has 0 atom stereocenters. The van der Waals surface area contributed by atoms with Crippen LogP contribution in [0.5, 0.6) is 0 Å². The van der Waals surface area contributed by atoms with E-state index in [9.17, 15) is 14.4 Å². The minimum atomic E-state index is -0.608. The van der Waals surface area contributed by atoms with E-state index in [1.54, 1.807) is 64.1 Å². The van der Waals surface area contributed by atoms with Gasteiger partial charge in [-0.15, -0.1) is 11.3 Å². The van der Waals surface area contributed by atoms with Crippen molar-refractivity contribution in [3.8, 4) is 0 Å². The van der Waals surface area contributed by atoms with E-state index < -0.39 is 11.9 Å². The molecule has 156 valence electrons. The number of rotatable bonds is 6. The van der Waals surface area contributed by atoms with Crippen LogP contribution in [0.2, 0.25) is 0 Å². The van der Waals surface area contributed by atoms with Gasteiger partial charge in [-0.3, -0.25) is 9.59 Å². The number of para-hydroxylation sites is 1. The average molecular weight is 426 g/mol. The molecule has 0 aliphatic heterocycles. The van der Waals surface area contributed by atoms with Crippen molar-refractivity contribution in [2.24, 2.45) is 0 Å². The van der Waals surface area contributed by atoms with Gasteiger partial charge in [0.1, 0.15) is 10.8 Å². The third-order valence-electron chi connectivity index (χ3n) is 4.12. The van der Waals surface area contributed by atoms with Crippen LogP contribution in [0.3, 0.4) is 0 Å². The summed E-state index contributed by atoms with van der Waals surface area (Å²) in [6.45, 7) is 6.84. The normalized spacial score (nSPS) is 10.7. The van der Waals surface area contributed by atoms with Crippen molar-refractivity contribution >= 4 is 39.8 Å². The monoisotopic (exact) mass is 426 g/mol. The Bertz CT molecular complexity index is 1080. The molecule has 2 heterocycles. The summed E-state index contributed by atoms with van der Waals surface area (Å²) in [5.41, 5.74) is 1.21. The second-order valence-corrected chi connectivity index (χ2v) is 7.92. The van der Waals surface area contributed by atoms with E-state index in [2.05, 4.69) is 10.6 Å². The zero-order chi connectivity index (χ0) is 21.8. The Morgan fingerprint density at radius 1 is 0.967 bits per heavy atom. The van der Waals surface area contributed by atoms with Gasteiger partial charge in [-0.25, -0.2) is 4.79 Å². The number of nitrogens with one attached hydrogen (secondary N) is 2. The number of carbonyl (C=O) groups is 3. The highest BCUT2D eigenvalue weighted by Gasteiger charge is 2.28. The predicted molar refractivity (Wildman–Crippen MR) is 115 cm³/mol. The van der Waals surface area contributed by atoms with E-state index >= 15 is 0 Å². The molecule has 0 radical (unpaired) electrons. The van der Waals surface area contributed by atoms with Crippen LogP contribution in [0.25, 0.3) is 0 Å². The van der Waals surface area contributed by atoms with Crippen molar-refractivity contribution in [3.05, 3.63) is 70.0 Å². The van der Waals surface area contributed by atoms with Crippen LogP contribution in [0.1, 0.15) is 55.8 Å². The zero-order valence-electron chi connectivity index (χ0n) is 17.1. The standard InChI is InChI=1S/C22H22N2O5S/c1-12(2)28-22(27)17-14(4)18(20(26)23-15-8-6-5-7-9-15)30-21(17)24-19(25)16-11-10-13(3)29-16/h5-12H,1-4H3,(H,23,26)(H,24,25). The maximum Gasteiger partial charge on any atom is 0.341 e. The lowest BCUT2D eigenvalue weighted by molar-refractivity contribution is 0.0379. The maximum atomic E-state index is 12.8. The summed E-state index contributed by atoms with van der Waals surface area (Å²) in [7, 11) is 0. The van der Waals surface area contributed by atoms with E-state index in [-0.39, 0.29) is 28.3 Å². The summed E-state index contributed by atoms with van der Waals surface area (Å²) in [5.74, 6) is -0.806. The topological polar surface area (TPSA) is 97.6 Å². The molecule has 0 fully saturated rings. The molecule has 0 aliphatic carbocycles. The number of furan rings is 1. The predicted octanol–water partition coefficient (Wildman–Crippen LogP) is 5.03. The number of thiophene rings is 1. The maximum absolute atomic E-state index is 12.8. The largest absolute Gasteiger partial charge is 0.459 e. The molecule has 0 unspecified atom stereocenters. The molecule has 7 nitrogen and oxygen atoms in total. The number of benzene rings is 1. The Balaban J connectivity index is 1.95. The van der Waals surface area contributed by atoms with Crippen LogP contribution >= 0.6 is 11.3 Å². The van der Waals surface area contributed by atoms with Crippen LogP contribution in [-0.2, 0) is 4.74 Å². The van der Waals surface area contributed by atoms with Crippen molar-refractivity contribution in [3.63, 3.8) is 0 Å². The Kier molecular flexibility index (Phi) is 6.37. The van der Waals surface area contributed by atoms with Gasteiger partial charge in [0.25, 0.3) is 11.8 Å². The molecule has 3 rings (SSSR count). The lowest BCUT2D eigenvalue weighted by atomic mass is 10.1. The van der Waals surface area contributed by atoms with Crippen LogP contribution < -0.4 is 10.6 Å². The third kappa shape index (κ3) is 4.77. The fourth-order valence-electron chi connectivity index (χ4n) is 2.77. The van der Waals surface area contributed by atoms with Gasteiger partial charge in [0.05, 0.1) is 16.5 Å². The summed E-state index contributed by atoms with van der Waals surface area (Å²) >= 11 is 1.01. The minimum absolute atomic E-state index is 0.108. The SMILES string of the molecule is Cc1ccc(C(=O)Nc2sc(C(=O)Nc3ccccc3)c(C)c2C(=O)OC(C)C)o1. The number of hydrogen-bond donors (Lipinski definition) is 2. The summed E-state index contributed by atoms with van der Waals surface area (Å²) in [5, 5.41) is 5.71. The van der Waals surface area contributed by atoms with Gasteiger partial charge in [0, 0.05) is 5.69 Å². The molecular formula is C22H22N2O5S. The highest BCUT2D eigenvalue weighted by molar-refractivity contribution is 7.19. The number of hydrogen-bond acceptors (Lipinski definition) is 6. The van der Waals surface area contributed by atoms with Gasteiger partial charge in [-0.1, -0.05) is 18.2 Å². The summed E-state index contributed by atoms with van der Waals surface area (Å²) in [6.07, 6.45) is -0.352. The third-order valence-corrected chi connectivity index (χ3v) is 5.33. The van der Waals surface area contributed by atoms with Crippen molar-refractivity contribution in [1.29, 1.82) is 0 Å². The first-order chi connectivity index (χ1) is 14.3. The summed E-state index contributed by atoms with van der Waals surface area (Å²) in [4.78, 5) is 38.4. The molecule has 8 heteroatoms. The van der Waals surface area contributed by atoms with Crippen molar-refractivity contribution in [1.82, 2.24) is 0 Å². The van der Waals surface area contributed by atoms with E-state index in [1.165, 1.54) is 0 Å². The van der Waals surface area contributed by atoms with Crippen molar-refractivity contribution in [2.45, 2.75) is 33.8 Å². The van der Waals surface area contributed by atoms with Gasteiger partial charge in [-0.2, -0.15) is 0 Å². The lowest BCUT2D eigenvalue weighted by Gasteiger charge is -2.10. The quantitative estimate of drug-likeness (QED) is 0.539. The van der Waals surface area contributed by atoms with Crippen molar-refractivity contribution < 1.29 is 23.5 Å². The van der Waals surface area contributed by atoms with Crippen LogP contribution in [0.15, 0.2) is 46.9 Å². The van der Waals surface area contributed by atoms with Crippen molar-refractivity contribution in [2.75, 3.05) is 10.6 Å². The molecule has 0 spiro atoms. The first-order valence-electron chi connectivity index (χ1n) is 9.34.